The van der Waals surface area contributed by atoms with Crippen LogP contribution in [0.3, 0.4) is 0 Å². The van der Waals surface area contributed by atoms with Crippen molar-refractivity contribution >= 4 is 0 Å². The molecule has 1 atom stereocenters. The molecule has 1 aromatic rings. The average Bonchev–Trinajstić information content (AvgIpc) is 2.27. The highest BCUT2D eigenvalue weighted by Gasteiger charge is 2.42. The number of aliphatic hydroxyl groups is 1. The summed E-state index contributed by atoms with van der Waals surface area (Å²) in [6, 6.07) is 5.46. The molecule has 100 valence electrons. The molecule has 1 aromatic carbocycles. The Bertz CT molecular complexity index is 416. The van der Waals surface area contributed by atoms with Crippen molar-refractivity contribution in [1.29, 1.82) is 0 Å². The van der Waals surface area contributed by atoms with Crippen molar-refractivity contribution in [2.45, 2.75) is 38.3 Å². The Labute approximate surface area is 105 Å². The van der Waals surface area contributed by atoms with Gasteiger partial charge >= 0.3 is 6.18 Å². The van der Waals surface area contributed by atoms with Crippen molar-refractivity contribution in [1.82, 2.24) is 0 Å². The first-order valence-corrected chi connectivity index (χ1v) is 6.17. The molecule has 1 aliphatic rings. The standard InChI is InChI=1S/C14H17F3O/c1-10(13(9-18)6-3-7-13)11-4-2-5-12(8-11)14(15,16)17/h2,4-5,8,10,18H,3,6-7,9H2,1H3. The topological polar surface area (TPSA) is 20.2 Å². The van der Waals surface area contributed by atoms with Crippen molar-refractivity contribution < 1.29 is 18.3 Å². The normalized spacial score (nSPS) is 20.3. The van der Waals surface area contributed by atoms with Crippen LogP contribution in [0.2, 0.25) is 0 Å². The van der Waals surface area contributed by atoms with E-state index < -0.39 is 11.7 Å². The van der Waals surface area contributed by atoms with Crippen LogP contribution >= 0.6 is 0 Å². The summed E-state index contributed by atoms with van der Waals surface area (Å²) in [6.07, 6.45) is -1.48. The fraction of sp³-hybridized carbons (Fsp3) is 0.571. The summed E-state index contributed by atoms with van der Waals surface area (Å²) in [5, 5.41) is 9.48. The molecule has 1 fully saturated rings. The lowest BCUT2D eigenvalue weighted by molar-refractivity contribution is -0.137. The molecule has 1 saturated carbocycles. The van der Waals surface area contributed by atoms with Crippen LogP contribution in [-0.2, 0) is 6.18 Å². The summed E-state index contributed by atoms with van der Waals surface area (Å²) in [5.41, 5.74) is -0.164. The first-order valence-electron chi connectivity index (χ1n) is 6.17. The van der Waals surface area contributed by atoms with Gasteiger partial charge in [-0.2, -0.15) is 13.2 Å². The van der Waals surface area contributed by atoms with Crippen molar-refractivity contribution in [2.75, 3.05) is 6.61 Å². The summed E-state index contributed by atoms with van der Waals surface area (Å²) in [4.78, 5) is 0. The highest BCUT2D eigenvalue weighted by Crippen LogP contribution is 2.51. The van der Waals surface area contributed by atoms with Crippen LogP contribution in [0.15, 0.2) is 24.3 Å². The van der Waals surface area contributed by atoms with Gasteiger partial charge in [0.2, 0.25) is 0 Å². The number of alkyl halides is 3. The fourth-order valence-corrected chi connectivity index (χ4v) is 2.70. The van der Waals surface area contributed by atoms with E-state index in [1.807, 2.05) is 6.92 Å². The highest BCUT2D eigenvalue weighted by atomic mass is 19.4. The third-order valence-corrected chi connectivity index (χ3v) is 4.30. The zero-order valence-corrected chi connectivity index (χ0v) is 10.3. The molecule has 18 heavy (non-hydrogen) atoms. The minimum atomic E-state index is -4.30. The van der Waals surface area contributed by atoms with Crippen LogP contribution in [-0.4, -0.2) is 11.7 Å². The Hall–Kier alpha value is -1.03. The molecule has 1 nitrogen and oxygen atoms in total. The molecule has 4 heteroatoms. The van der Waals surface area contributed by atoms with E-state index >= 15 is 0 Å². The molecule has 0 saturated heterocycles. The van der Waals surface area contributed by atoms with Crippen molar-refractivity contribution in [3.05, 3.63) is 35.4 Å². The molecule has 1 unspecified atom stereocenters. The summed E-state index contributed by atoms with van der Waals surface area (Å²) in [7, 11) is 0. The molecule has 1 N–H and O–H groups in total. The van der Waals surface area contributed by atoms with Crippen LogP contribution in [0.5, 0.6) is 0 Å². The number of aliphatic hydroxyl groups excluding tert-OH is 1. The van der Waals surface area contributed by atoms with E-state index in [2.05, 4.69) is 0 Å². The predicted octanol–water partition coefficient (Wildman–Crippen LogP) is 3.97. The molecular weight excluding hydrogens is 241 g/mol. The lowest BCUT2D eigenvalue weighted by atomic mass is 9.60. The second kappa shape index (κ2) is 4.57. The van der Waals surface area contributed by atoms with E-state index in [4.69, 9.17) is 0 Å². The Morgan fingerprint density at radius 3 is 2.44 bits per heavy atom. The smallest absolute Gasteiger partial charge is 0.396 e. The predicted molar refractivity (Wildman–Crippen MR) is 63.2 cm³/mol. The SMILES string of the molecule is CC(c1cccc(C(F)(F)F)c1)C1(CO)CCC1. The summed E-state index contributed by atoms with van der Waals surface area (Å²) in [5.74, 6) is -0.0430. The summed E-state index contributed by atoms with van der Waals surface area (Å²) >= 11 is 0. The number of hydrogen-bond acceptors (Lipinski definition) is 1. The van der Waals surface area contributed by atoms with E-state index in [9.17, 15) is 18.3 Å². The first-order chi connectivity index (χ1) is 8.39. The molecule has 1 aliphatic carbocycles. The molecule has 0 heterocycles. The van der Waals surface area contributed by atoms with Crippen molar-refractivity contribution in [3.8, 4) is 0 Å². The van der Waals surface area contributed by atoms with Gasteiger partial charge in [-0.25, -0.2) is 0 Å². The van der Waals surface area contributed by atoms with E-state index in [1.54, 1.807) is 6.07 Å². The summed E-state index contributed by atoms with van der Waals surface area (Å²) in [6.45, 7) is 1.95. The zero-order chi connectivity index (χ0) is 13.4. The maximum absolute atomic E-state index is 12.7. The molecule has 0 bridgehead atoms. The molecule has 0 spiro atoms. The molecule has 0 aromatic heterocycles. The molecule has 0 amide bonds. The summed E-state index contributed by atoms with van der Waals surface area (Å²) < 4.78 is 38.0. The first kappa shape index (κ1) is 13.4. The van der Waals surface area contributed by atoms with E-state index in [1.165, 1.54) is 12.1 Å². The molecular formula is C14H17F3O. The molecule has 0 aliphatic heterocycles. The molecule has 2 rings (SSSR count). The van der Waals surface area contributed by atoms with E-state index in [0.717, 1.165) is 25.3 Å². The van der Waals surface area contributed by atoms with Crippen LogP contribution < -0.4 is 0 Å². The maximum atomic E-state index is 12.7. The number of rotatable bonds is 3. The quantitative estimate of drug-likeness (QED) is 0.869. The third kappa shape index (κ3) is 2.26. The fourth-order valence-electron chi connectivity index (χ4n) is 2.70. The van der Waals surface area contributed by atoms with Gasteiger partial charge in [0.25, 0.3) is 0 Å². The van der Waals surface area contributed by atoms with Crippen LogP contribution in [0.1, 0.15) is 43.2 Å². The van der Waals surface area contributed by atoms with Crippen LogP contribution in [0.25, 0.3) is 0 Å². The number of benzene rings is 1. The van der Waals surface area contributed by atoms with Crippen molar-refractivity contribution in [3.63, 3.8) is 0 Å². The van der Waals surface area contributed by atoms with Gasteiger partial charge in [0.1, 0.15) is 0 Å². The monoisotopic (exact) mass is 258 g/mol. The second-order valence-electron chi connectivity index (χ2n) is 5.22. The highest BCUT2D eigenvalue weighted by molar-refractivity contribution is 5.30. The van der Waals surface area contributed by atoms with Crippen molar-refractivity contribution in [2.24, 2.45) is 5.41 Å². The molecule has 0 radical (unpaired) electrons. The lowest BCUT2D eigenvalue weighted by Gasteiger charge is -2.45. The Morgan fingerprint density at radius 2 is 2.00 bits per heavy atom. The lowest BCUT2D eigenvalue weighted by Crippen LogP contribution is -2.38. The minimum Gasteiger partial charge on any atom is -0.396 e. The van der Waals surface area contributed by atoms with Gasteiger partial charge in [0.05, 0.1) is 5.56 Å². The average molecular weight is 258 g/mol. The van der Waals surface area contributed by atoms with Gasteiger partial charge < -0.3 is 5.11 Å². The second-order valence-corrected chi connectivity index (χ2v) is 5.22. The third-order valence-electron chi connectivity index (χ3n) is 4.30. The number of halogens is 3. The van der Waals surface area contributed by atoms with E-state index in [0.29, 0.717) is 5.56 Å². The van der Waals surface area contributed by atoms with E-state index in [-0.39, 0.29) is 17.9 Å². The Balaban J connectivity index is 2.28. The largest absolute Gasteiger partial charge is 0.416 e. The van der Waals surface area contributed by atoms with Gasteiger partial charge in [0.15, 0.2) is 0 Å². The Kier molecular flexibility index (Phi) is 3.41. The van der Waals surface area contributed by atoms with Gasteiger partial charge in [-0.15, -0.1) is 0 Å². The van der Waals surface area contributed by atoms with Crippen LogP contribution in [0, 0.1) is 5.41 Å². The van der Waals surface area contributed by atoms with Gasteiger partial charge in [0, 0.05) is 12.0 Å². The van der Waals surface area contributed by atoms with Gasteiger partial charge in [-0.3, -0.25) is 0 Å². The van der Waals surface area contributed by atoms with Crippen LogP contribution in [0.4, 0.5) is 13.2 Å². The zero-order valence-electron chi connectivity index (χ0n) is 10.3. The Morgan fingerprint density at radius 1 is 1.33 bits per heavy atom. The minimum absolute atomic E-state index is 0.0430. The number of hydrogen-bond donors (Lipinski definition) is 1. The maximum Gasteiger partial charge on any atom is 0.416 e. The van der Waals surface area contributed by atoms with Gasteiger partial charge in [-0.05, 0) is 30.4 Å². The van der Waals surface area contributed by atoms with Gasteiger partial charge in [-0.1, -0.05) is 31.5 Å².